The Labute approximate surface area is 152 Å². The Bertz CT molecular complexity index is 655. The van der Waals surface area contributed by atoms with E-state index in [2.05, 4.69) is 0 Å². The van der Waals surface area contributed by atoms with Crippen LogP contribution in [0.1, 0.15) is 26.3 Å². The van der Waals surface area contributed by atoms with Crippen molar-refractivity contribution in [3.63, 3.8) is 0 Å². The molecule has 26 heavy (non-hydrogen) atoms. The van der Waals surface area contributed by atoms with Crippen molar-refractivity contribution in [1.82, 2.24) is 9.80 Å². The van der Waals surface area contributed by atoms with Gasteiger partial charge in [-0.05, 0) is 26.3 Å². The van der Waals surface area contributed by atoms with Gasteiger partial charge >= 0.3 is 12.2 Å². The Morgan fingerprint density at radius 3 is 2.35 bits per heavy atom. The van der Waals surface area contributed by atoms with E-state index in [1.807, 2.05) is 18.2 Å². The molecule has 1 fully saturated rings. The maximum Gasteiger partial charge on any atom is 0.410 e. The van der Waals surface area contributed by atoms with Crippen molar-refractivity contribution in [2.24, 2.45) is 0 Å². The number of aliphatic carboxylic acids is 1. The molecule has 0 aliphatic carbocycles. The summed E-state index contributed by atoms with van der Waals surface area (Å²) in [5.74, 6) is -1.45. The van der Waals surface area contributed by atoms with Crippen LogP contribution in [-0.2, 0) is 20.9 Å². The largest absolute Gasteiger partial charge is 0.548 e. The van der Waals surface area contributed by atoms with Crippen molar-refractivity contribution >= 4 is 18.2 Å². The lowest BCUT2D eigenvalue weighted by atomic mass is 10.2. The number of amides is 2. The lowest BCUT2D eigenvalue weighted by Gasteiger charge is -2.41. The SMILES string of the molecule is CC(C)(C)OC(=O)N1CCN(C(=O)OCc2ccccc2)C(C(=O)[O-])C1. The molecule has 1 aromatic carbocycles. The highest BCUT2D eigenvalue weighted by Crippen LogP contribution is 2.16. The van der Waals surface area contributed by atoms with E-state index in [0.29, 0.717) is 0 Å². The van der Waals surface area contributed by atoms with E-state index in [4.69, 9.17) is 9.47 Å². The first-order valence-corrected chi connectivity index (χ1v) is 8.33. The third-order valence-electron chi connectivity index (χ3n) is 3.74. The van der Waals surface area contributed by atoms with Crippen molar-refractivity contribution in [1.29, 1.82) is 0 Å². The van der Waals surface area contributed by atoms with Gasteiger partial charge in [-0.1, -0.05) is 30.3 Å². The Balaban J connectivity index is 1.98. The molecule has 1 heterocycles. The highest BCUT2D eigenvalue weighted by Gasteiger charge is 2.35. The molecule has 1 unspecified atom stereocenters. The number of nitrogens with zero attached hydrogens (tertiary/aromatic N) is 2. The standard InChI is InChI=1S/C18H24N2O6/c1-18(2,3)26-16(23)19-9-10-20(14(11-19)15(21)22)17(24)25-12-13-7-5-4-6-8-13/h4-8,14H,9-12H2,1-3H3,(H,21,22)/p-1. The fourth-order valence-electron chi connectivity index (χ4n) is 2.50. The molecule has 1 aliphatic rings. The molecule has 0 N–H and O–H groups in total. The number of carboxylic acid groups (broad SMARTS) is 1. The Kier molecular flexibility index (Phi) is 6.07. The first kappa shape index (κ1) is 19.6. The lowest BCUT2D eigenvalue weighted by Crippen LogP contribution is -2.62. The number of benzene rings is 1. The highest BCUT2D eigenvalue weighted by atomic mass is 16.6. The van der Waals surface area contributed by atoms with E-state index >= 15 is 0 Å². The van der Waals surface area contributed by atoms with Crippen LogP contribution in [0.25, 0.3) is 0 Å². The van der Waals surface area contributed by atoms with Crippen molar-refractivity contribution in [3.8, 4) is 0 Å². The molecule has 2 rings (SSSR count). The number of carboxylic acids is 1. The molecule has 1 aromatic rings. The van der Waals surface area contributed by atoms with Gasteiger partial charge < -0.3 is 24.3 Å². The number of rotatable bonds is 3. The quantitative estimate of drug-likeness (QED) is 0.794. The van der Waals surface area contributed by atoms with E-state index in [9.17, 15) is 19.5 Å². The third-order valence-corrected chi connectivity index (χ3v) is 3.74. The summed E-state index contributed by atoms with van der Waals surface area (Å²) in [5, 5.41) is 11.5. The molecule has 1 atom stereocenters. The van der Waals surface area contributed by atoms with Crippen molar-refractivity contribution < 1.29 is 29.0 Å². The predicted octanol–water partition coefficient (Wildman–Crippen LogP) is 0.994. The highest BCUT2D eigenvalue weighted by molar-refractivity contribution is 5.80. The summed E-state index contributed by atoms with van der Waals surface area (Å²) in [5.41, 5.74) is 0.0954. The van der Waals surface area contributed by atoms with Gasteiger partial charge in [-0.2, -0.15) is 0 Å². The zero-order valence-corrected chi connectivity index (χ0v) is 15.1. The van der Waals surface area contributed by atoms with Crippen LogP contribution in [0.15, 0.2) is 30.3 Å². The van der Waals surface area contributed by atoms with Gasteiger partial charge in [0.25, 0.3) is 0 Å². The van der Waals surface area contributed by atoms with E-state index in [1.54, 1.807) is 32.9 Å². The van der Waals surface area contributed by atoms with Crippen LogP contribution < -0.4 is 5.11 Å². The van der Waals surface area contributed by atoms with Gasteiger partial charge in [0, 0.05) is 13.1 Å². The normalized spacial score (nSPS) is 17.6. The maximum absolute atomic E-state index is 12.3. The molecule has 0 aromatic heterocycles. The zero-order valence-electron chi connectivity index (χ0n) is 15.1. The van der Waals surface area contributed by atoms with Crippen LogP contribution in [0.5, 0.6) is 0 Å². The molecule has 0 radical (unpaired) electrons. The van der Waals surface area contributed by atoms with Crippen LogP contribution in [0.3, 0.4) is 0 Å². The second-order valence-corrected chi connectivity index (χ2v) is 6.99. The van der Waals surface area contributed by atoms with Crippen LogP contribution in [0.4, 0.5) is 9.59 Å². The first-order valence-electron chi connectivity index (χ1n) is 8.33. The Morgan fingerprint density at radius 1 is 1.12 bits per heavy atom. The first-order chi connectivity index (χ1) is 12.2. The van der Waals surface area contributed by atoms with Gasteiger partial charge in [-0.25, -0.2) is 9.59 Å². The average molecular weight is 363 g/mol. The topological polar surface area (TPSA) is 99.2 Å². The molecule has 1 aliphatic heterocycles. The molecule has 8 nitrogen and oxygen atoms in total. The molecule has 142 valence electrons. The minimum atomic E-state index is -1.45. The molecule has 0 bridgehead atoms. The summed E-state index contributed by atoms with van der Waals surface area (Å²) in [4.78, 5) is 38.2. The van der Waals surface area contributed by atoms with E-state index < -0.39 is 29.8 Å². The molecule has 0 spiro atoms. The van der Waals surface area contributed by atoms with Crippen molar-refractivity contribution in [2.75, 3.05) is 19.6 Å². The summed E-state index contributed by atoms with van der Waals surface area (Å²) in [6, 6.07) is 7.76. The summed E-state index contributed by atoms with van der Waals surface area (Å²) >= 11 is 0. The average Bonchev–Trinajstić information content (AvgIpc) is 2.58. The zero-order chi connectivity index (χ0) is 19.3. The fraction of sp³-hybridized carbons (Fsp3) is 0.500. The lowest BCUT2D eigenvalue weighted by molar-refractivity contribution is -0.312. The number of carbonyl (C=O) groups excluding carboxylic acids is 3. The monoisotopic (exact) mass is 363 g/mol. The van der Waals surface area contributed by atoms with E-state index in [0.717, 1.165) is 10.5 Å². The fourth-order valence-corrected chi connectivity index (χ4v) is 2.50. The summed E-state index contributed by atoms with van der Waals surface area (Å²) in [6.07, 6.45) is -1.38. The second kappa shape index (κ2) is 8.07. The van der Waals surface area contributed by atoms with Gasteiger partial charge in [-0.3, -0.25) is 4.90 Å². The van der Waals surface area contributed by atoms with Gasteiger partial charge in [0.2, 0.25) is 0 Å². The second-order valence-electron chi connectivity index (χ2n) is 6.99. The summed E-state index contributed by atoms with van der Waals surface area (Å²) < 4.78 is 10.4. The van der Waals surface area contributed by atoms with Crippen LogP contribution >= 0.6 is 0 Å². The summed E-state index contributed by atoms with van der Waals surface area (Å²) in [7, 11) is 0. The van der Waals surface area contributed by atoms with Crippen molar-refractivity contribution in [2.45, 2.75) is 39.0 Å². The smallest absolute Gasteiger partial charge is 0.410 e. The predicted molar refractivity (Wildman–Crippen MR) is 89.9 cm³/mol. The van der Waals surface area contributed by atoms with Gasteiger partial charge in [-0.15, -0.1) is 0 Å². The number of hydrogen-bond acceptors (Lipinski definition) is 6. The Hall–Kier alpha value is -2.77. The minimum Gasteiger partial charge on any atom is -0.548 e. The third kappa shape index (κ3) is 5.37. The number of carbonyl (C=O) groups is 3. The molecule has 1 saturated heterocycles. The van der Waals surface area contributed by atoms with E-state index in [-0.39, 0.29) is 26.2 Å². The van der Waals surface area contributed by atoms with Gasteiger partial charge in [0.1, 0.15) is 12.2 Å². The molecular formula is C18H23N2O6-. The number of piperazine rings is 1. The van der Waals surface area contributed by atoms with Crippen LogP contribution in [0, 0.1) is 0 Å². The van der Waals surface area contributed by atoms with Crippen LogP contribution in [0.2, 0.25) is 0 Å². The number of hydrogen-bond donors (Lipinski definition) is 0. The van der Waals surface area contributed by atoms with Crippen LogP contribution in [-0.4, -0.2) is 59.2 Å². The van der Waals surface area contributed by atoms with Crippen molar-refractivity contribution in [3.05, 3.63) is 35.9 Å². The van der Waals surface area contributed by atoms with Gasteiger partial charge in [0.15, 0.2) is 0 Å². The summed E-state index contributed by atoms with van der Waals surface area (Å²) in [6.45, 7) is 5.16. The molecular weight excluding hydrogens is 340 g/mol. The Morgan fingerprint density at radius 2 is 1.77 bits per heavy atom. The molecule has 8 heteroatoms. The maximum atomic E-state index is 12.3. The van der Waals surface area contributed by atoms with E-state index in [1.165, 1.54) is 4.90 Å². The molecule has 2 amide bonds. The minimum absolute atomic E-state index is 0.0194. The molecule has 0 saturated carbocycles. The number of ether oxygens (including phenoxy) is 2. The van der Waals surface area contributed by atoms with Gasteiger partial charge in [0.05, 0.1) is 18.6 Å².